The molecule has 0 aromatic heterocycles. The topological polar surface area (TPSA) is 40.5 Å². The lowest BCUT2D eigenvalue weighted by atomic mass is 10.0. The second-order valence-corrected chi connectivity index (χ2v) is 5.25. The van der Waals surface area contributed by atoms with Gasteiger partial charge in [-0.3, -0.25) is 0 Å². The number of rotatable bonds is 4. The van der Waals surface area contributed by atoms with Crippen LogP contribution in [-0.4, -0.2) is 22.4 Å². The quantitative estimate of drug-likeness (QED) is 0.892. The van der Waals surface area contributed by atoms with Gasteiger partial charge >= 0.3 is 0 Å². The van der Waals surface area contributed by atoms with Crippen LogP contribution in [0.2, 0.25) is 0 Å². The van der Waals surface area contributed by atoms with E-state index >= 15 is 0 Å². The number of hydrogen-bond acceptors (Lipinski definition) is 2. The van der Waals surface area contributed by atoms with Crippen LogP contribution in [0.5, 0.6) is 0 Å². The Kier molecular flexibility index (Phi) is 3.62. The average molecular weight is 289 g/mol. The third kappa shape index (κ3) is 2.81. The summed E-state index contributed by atoms with van der Waals surface area (Å²) in [6.45, 7) is 0. The molecule has 0 radical (unpaired) electrons. The van der Waals surface area contributed by atoms with Gasteiger partial charge in [-0.1, -0.05) is 15.9 Å². The summed E-state index contributed by atoms with van der Waals surface area (Å²) in [6.07, 6.45) is 0.469. The van der Waals surface area contributed by atoms with Gasteiger partial charge in [0.25, 0.3) is 0 Å². The second kappa shape index (κ2) is 4.82. The summed E-state index contributed by atoms with van der Waals surface area (Å²) in [6, 6.07) is 4.61. The first-order chi connectivity index (χ1) is 7.58. The molecule has 0 saturated heterocycles. The Bertz CT molecular complexity index is 379. The predicted octanol–water partition coefficient (Wildman–Crippen LogP) is 2.26. The lowest BCUT2D eigenvalue weighted by Gasteiger charge is -2.17. The van der Waals surface area contributed by atoms with E-state index in [0.29, 0.717) is 5.56 Å². The summed E-state index contributed by atoms with van der Waals surface area (Å²) >= 11 is 3.25. The largest absolute Gasteiger partial charge is 0.390 e. The Morgan fingerprint density at radius 3 is 2.69 bits per heavy atom. The van der Waals surface area contributed by atoms with Gasteiger partial charge < -0.3 is 10.2 Å². The monoisotopic (exact) mass is 288 g/mol. The molecule has 2 rings (SSSR count). The van der Waals surface area contributed by atoms with Crippen LogP contribution in [0.3, 0.4) is 0 Å². The first kappa shape index (κ1) is 12.0. The van der Waals surface area contributed by atoms with Gasteiger partial charge in [-0.05, 0) is 42.5 Å². The van der Waals surface area contributed by atoms with E-state index in [1.807, 2.05) is 0 Å². The highest BCUT2D eigenvalue weighted by Crippen LogP contribution is 2.34. The molecule has 4 heteroatoms. The highest BCUT2D eigenvalue weighted by atomic mass is 79.9. The van der Waals surface area contributed by atoms with Gasteiger partial charge in [0.15, 0.2) is 0 Å². The molecular formula is C12H14BrFO2. The predicted molar refractivity (Wildman–Crippen MR) is 62.5 cm³/mol. The Morgan fingerprint density at radius 2 is 2.06 bits per heavy atom. The molecule has 0 spiro atoms. The van der Waals surface area contributed by atoms with Gasteiger partial charge in [0.05, 0.1) is 12.2 Å². The van der Waals surface area contributed by atoms with Crippen molar-refractivity contribution in [1.82, 2.24) is 0 Å². The van der Waals surface area contributed by atoms with E-state index in [4.69, 9.17) is 0 Å². The van der Waals surface area contributed by atoms with E-state index < -0.39 is 12.2 Å². The molecule has 2 nitrogen and oxygen atoms in total. The van der Waals surface area contributed by atoms with Crippen LogP contribution in [0.1, 0.15) is 18.4 Å². The summed E-state index contributed by atoms with van der Waals surface area (Å²) in [5.41, 5.74) is 0.432. The summed E-state index contributed by atoms with van der Waals surface area (Å²) in [4.78, 5) is 0. The summed E-state index contributed by atoms with van der Waals surface area (Å²) in [5, 5.41) is 19.5. The van der Waals surface area contributed by atoms with Gasteiger partial charge in [-0.2, -0.15) is 0 Å². The molecule has 0 amide bonds. The number of aliphatic hydroxyl groups excluding tert-OH is 2. The minimum atomic E-state index is -0.878. The lowest BCUT2D eigenvalue weighted by molar-refractivity contribution is 0.00632. The van der Waals surface area contributed by atoms with Crippen molar-refractivity contribution in [2.45, 2.75) is 31.5 Å². The molecule has 2 atom stereocenters. The van der Waals surface area contributed by atoms with Crippen molar-refractivity contribution >= 4 is 15.9 Å². The first-order valence-electron chi connectivity index (χ1n) is 5.38. The first-order valence-corrected chi connectivity index (χ1v) is 6.17. The van der Waals surface area contributed by atoms with Gasteiger partial charge in [0.1, 0.15) is 5.82 Å². The van der Waals surface area contributed by atoms with Gasteiger partial charge in [0.2, 0.25) is 0 Å². The van der Waals surface area contributed by atoms with Gasteiger partial charge in [-0.25, -0.2) is 4.39 Å². The second-order valence-electron chi connectivity index (χ2n) is 4.34. The highest BCUT2D eigenvalue weighted by molar-refractivity contribution is 9.10. The maximum Gasteiger partial charge on any atom is 0.126 e. The van der Waals surface area contributed by atoms with Crippen LogP contribution in [0.25, 0.3) is 0 Å². The zero-order chi connectivity index (χ0) is 11.7. The van der Waals surface area contributed by atoms with Crippen LogP contribution < -0.4 is 0 Å². The van der Waals surface area contributed by atoms with E-state index in [-0.39, 0.29) is 18.2 Å². The number of aliphatic hydroxyl groups is 2. The maximum absolute atomic E-state index is 13.4. The smallest absolute Gasteiger partial charge is 0.126 e. The molecule has 16 heavy (non-hydrogen) atoms. The van der Waals surface area contributed by atoms with E-state index in [0.717, 1.165) is 17.3 Å². The fourth-order valence-electron chi connectivity index (χ4n) is 1.80. The zero-order valence-corrected chi connectivity index (χ0v) is 10.3. The minimum Gasteiger partial charge on any atom is -0.390 e. The van der Waals surface area contributed by atoms with Crippen LogP contribution in [0.4, 0.5) is 4.39 Å². The molecule has 1 fully saturated rings. The van der Waals surface area contributed by atoms with Crippen molar-refractivity contribution in [3.8, 4) is 0 Å². The van der Waals surface area contributed by atoms with Crippen LogP contribution >= 0.6 is 15.9 Å². The van der Waals surface area contributed by atoms with Crippen molar-refractivity contribution in [3.63, 3.8) is 0 Å². The minimum absolute atomic E-state index is 0.156. The third-order valence-corrected chi connectivity index (χ3v) is 3.43. The summed E-state index contributed by atoms with van der Waals surface area (Å²) in [7, 11) is 0. The molecule has 2 unspecified atom stereocenters. The molecule has 1 aromatic carbocycles. The zero-order valence-electron chi connectivity index (χ0n) is 8.74. The molecule has 2 N–H and O–H groups in total. The van der Waals surface area contributed by atoms with Gasteiger partial charge in [-0.15, -0.1) is 0 Å². The van der Waals surface area contributed by atoms with Crippen molar-refractivity contribution in [2.24, 2.45) is 5.92 Å². The highest BCUT2D eigenvalue weighted by Gasteiger charge is 2.34. The molecule has 0 heterocycles. The Labute approximate surface area is 102 Å². The molecule has 1 aliphatic rings. The van der Waals surface area contributed by atoms with E-state index in [9.17, 15) is 14.6 Å². The average Bonchev–Trinajstić information content (AvgIpc) is 3.06. The Balaban J connectivity index is 2.04. The van der Waals surface area contributed by atoms with E-state index in [1.165, 1.54) is 6.07 Å². The standard InChI is InChI=1S/C12H14BrFO2/c13-9-3-4-10(14)8(5-9)6-11(15)12(16)7-1-2-7/h3-5,7,11-12,15-16H,1-2,6H2. The fourth-order valence-corrected chi connectivity index (χ4v) is 2.21. The normalized spacial score (nSPS) is 19.5. The van der Waals surface area contributed by atoms with Crippen LogP contribution in [-0.2, 0) is 6.42 Å². The maximum atomic E-state index is 13.4. The lowest BCUT2D eigenvalue weighted by Crippen LogP contribution is -2.30. The van der Waals surface area contributed by atoms with Crippen molar-refractivity contribution < 1.29 is 14.6 Å². The van der Waals surface area contributed by atoms with Gasteiger partial charge in [0, 0.05) is 10.9 Å². The molecule has 0 aliphatic heterocycles. The van der Waals surface area contributed by atoms with Crippen molar-refractivity contribution in [2.75, 3.05) is 0 Å². The molecule has 88 valence electrons. The molecule has 1 saturated carbocycles. The number of hydrogen-bond donors (Lipinski definition) is 2. The van der Waals surface area contributed by atoms with E-state index in [2.05, 4.69) is 15.9 Å². The summed E-state index contributed by atoms with van der Waals surface area (Å²) < 4.78 is 14.2. The summed E-state index contributed by atoms with van der Waals surface area (Å²) in [5.74, 6) is -0.143. The fraction of sp³-hybridized carbons (Fsp3) is 0.500. The molecule has 1 aliphatic carbocycles. The molecule has 0 bridgehead atoms. The molecular weight excluding hydrogens is 275 g/mol. The van der Waals surface area contributed by atoms with Crippen LogP contribution in [0, 0.1) is 11.7 Å². The Morgan fingerprint density at radius 1 is 1.38 bits per heavy atom. The SMILES string of the molecule is OC(Cc1cc(Br)ccc1F)C(O)C1CC1. The van der Waals surface area contributed by atoms with Crippen molar-refractivity contribution in [1.29, 1.82) is 0 Å². The molecule has 1 aromatic rings. The number of halogens is 2. The third-order valence-electron chi connectivity index (χ3n) is 2.94. The van der Waals surface area contributed by atoms with Crippen molar-refractivity contribution in [3.05, 3.63) is 34.1 Å². The van der Waals surface area contributed by atoms with Crippen LogP contribution in [0.15, 0.2) is 22.7 Å². The number of benzene rings is 1. The Hall–Kier alpha value is -0.450. The van der Waals surface area contributed by atoms with E-state index in [1.54, 1.807) is 12.1 Å².